The minimum Gasteiger partial charge on any atom is -0.447 e. The first-order valence-electron chi connectivity index (χ1n) is 7.94. The van der Waals surface area contributed by atoms with E-state index >= 15 is 0 Å². The second kappa shape index (κ2) is 6.10. The Kier molecular flexibility index (Phi) is 4.38. The third kappa shape index (κ3) is 2.89. The molecule has 3 rings (SSSR count). The van der Waals surface area contributed by atoms with Crippen molar-refractivity contribution in [1.82, 2.24) is 9.62 Å². The first-order valence-corrected chi connectivity index (χ1v) is 9.38. The summed E-state index contributed by atoms with van der Waals surface area (Å²) in [6.07, 6.45) is 5.53. The molecular formula is C15H24N2O3S. The van der Waals surface area contributed by atoms with Crippen LogP contribution in [0.4, 0.5) is 0 Å². The molecule has 5 nitrogen and oxygen atoms in total. The standard InChI is InChI=1S/C15H24N2O3S/c1-2-16-11-13-7-8-15(20-13)21(18,19)17-10-9-12-5-3-4-6-14(12)17/h7-8,12,14,16H,2-6,9-11H2,1H3. The maximum absolute atomic E-state index is 12.8. The van der Waals surface area contributed by atoms with E-state index in [0.29, 0.717) is 24.8 Å². The lowest BCUT2D eigenvalue weighted by atomic mass is 9.86. The van der Waals surface area contributed by atoms with Gasteiger partial charge in [-0.3, -0.25) is 0 Å². The fourth-order valence-corrected chi connectivity index (χ4v) is 5.28. The second-order valence-electron chi connectivity index (χ2n) is 6.02. The van der Waals surface area contributed by atoms with Gasteiger partial charge in [-0.25, -0.2) is 8.42 Å². The van der Waals surface area contributed by atoms with Crippen molar-refractivity contribution in [3.05, 3.63) is 17.9 Å². The van der Waals surface area contributed by atoms with Gasteiger partial charge in [0, 0.05) is 12.6 Å². The van der Waals surface area contributed by atoms with E-state index in [1.54, 1.807) is 16.4 Å². The van der Waals surface area contributed by atoms with Gasteiger partial charge in [0.15, 0.2) is 0 Å². The van der Waals surface area contributed by atoms with Crippen LogP contribution in [0, 0.1) is 5.92 Å². The molecule has 1 aliphatic carbocycles. The van der Waals surface area contributed by atoms with Crippen LogP contribution in [0.3, 0.4) is 0 Å². The maximum atomic E-state index is 12.8. The van der Waals surface area contributed by atoms with Crippen molar-refractivity contribution in [2.45, 2.75) is 56.7 Å². The number of nitrogens with one attached hydrogen (secondary N) is 1. The van der Waals surface area contributed by atoms with E-state index in [1.807, 2.05) is 6.92 Å². The third-order valence-corrected chi connectivity index (χ3v) is 6.51. The van der Waals surface area contributed by atoms with Crippen LogP contribution in [0.15, 0.2) is 21.6 Å². The Morgan fingerprint density at radius 2 is 2.10 bits per heavy atom. The molecule has 1 aromatic rings. The average Bonchev–Trinajstić information content (AvgIpc) is 3.12. The molecule has 0 radical (unpaired) electrons. The summed E-state index contributed by atoms with van der Waals surface area (Å²) in [4.78, 5) is 0. The van der Waals surface area contributed by atoms with Gasteiger partial charge in [0.05, 0.1) is 6.54 Å². The van der Waals surface area contributed by atoms with Gasteiger partial charge in [0.25, 0.3) is 10.0 Å². The molecule has 1 aliphatic heterocycles. The molecule has 1 saturated carbocycles. The largest absolute Gasteiger partial charge is 0.447 e. The van der Waals surface area contributed by atoms with Crippen LogP contribution in [0.2, 0.25) is 0 Å². The highest BCUT2D eigenvalue weighted by atomic mass is 32.2. The van der Waals surface area contributed by atoms with Crippen molar-refractivity contribution in [2.24, 2.45) is 5.92 Å². The fraction of sp³-hybridized carbons (Fsp3) is 0.733. The number of fused-ring (bicyclic) bond motifs is 1. The van der Waals surface area contributed by atoms with Crippen molar-refractivity contribution in [3.8, 4) is 0 Å². The SMILES string of the molecule is CCNCc1ccc(S(=O)(=O)N2CCC3CCCCC32)o1. The lowest BCUT2D eigenvalue weighted by molar-refractivity contribution is 0.255. The summed E-state index contributed by atoms with van der Waals surface area (Å²) in [6.45, 7) is 4.05. The third-order valence-electron chi connectivity index (χ3n) is 4.71. The van der Waals surface area contributed by atoms with Crippen LogP contribution < -0.4 is 5.32 Å². The van der Waals surface area contributed by atoms with Gasteiger partial charge in [0.2, 0.25) is 5.09 Å². The molecule has 0 aromatic carbocycles. The smallest absolute Gasteiger partial charge is 0.276 e. The Balaban J connectivity index is 1.78. The minimum absolute atomic E-state index is 0.0987. The Bertz CT molecular complexity index is 581. The fourth-order valence-electron chi connectivity index (χ4n) is 3.62. The summed E-state index contributed by atoms with van der Waals surface area (Å²) < 4.78 is 32.8. The molecular weight excluding hydrogens is 288 g/mol. The van der Waals surface area contributed by atoms with Gasteiger partial charge in [-0.15, -0.1) is 0 Å². The van der Waals surface area contributed by atoms with Crippen LogP contribution in [0.25, 0.3) is 0 Å². The predicted octanol–water partition coefficient (Wildman–Crippen LogP) is 2.34. The lowest BCUT2D eigenvalue weighted by Crippen LogP contribution is -2.39. The number of furan rings is 1. The second-order valence-corrected chi connectivity index (χ2v) is 7.84. The minimum atomic E-state index is -3.47. The van der Waals surface area contributed by atoms with E-state index in [2.05, 4.69) is 5.32 Å². The van der Waals surface area contributed by atoms with E-state index in [1.165, 1.54) is 12.8 Å². The van der Waals surface area contributed by atoms with Gasteiger partial charge in [-0.05, 0) is 43.9 Å². The van der Waals surface area contributed by atoms with Crippen molar-refractivity contribution < 1.29 is 12.8 Å². The van der Waals surface area contributed by atoms with Crippen LogP contribution >= 0.6 is 0 Å². The van der Waals surface area contributed by atoms with Crippen molar-refractivity contribution in [2.75, 3.05) is 13.1 Å². The number of rotatable bonds is 5. The average molecular weight is 312 g/mol. The quantitative estimate of drug-likeness (QED) is 0.906. The molecule has 1 saturated heterocycles. The Hall–Kier alpha value is -0.850. The summed E-state index contributed by atoms with van der Waals surface area (Å²) >= 11 is 0. The number of nitrogens with zero attached hydrogens (tertiary/aromatic N) is 1. The van der Waals surface area contributed by atoms with Crippen molar-refractivity contribution in [3.63, 3.8) is 0 Å². The van der Waals surface area contributed by atoms with Crippen LogP contribution in [-0.2, 0) is 16.6 Å². The summed E-state index contributed by atoms with van der Waals surface area (Å²) in [6, 6.07) is 3.54. The molecule has 21 heavy (non-hydrogen) atoms. The van der Waals surface area contributed by atoms with E-state index in [0.717, 1.165) is 25.8 Å². The zero-order valence-electron chi connectivity index (χ0n) is 12.5. The zero-order valence-corrected chi connectivity index (χ0v) is 13.4. The van der Waals surface area contributed by atoms with Crippen LogP contribution in [0.5, 0.6) is 0 Å². The van der Waals surface area contributed by atoms with E-state index in [9.17, 15) is 8.42 Å². The summed E-state index contributed by atoms with van der Waals surface area (Å²) in [5.74, 6) is 1.22. The topological polar surface area (TPSA) is 62.6 Å². The molecule has 0 bridgehead atoms. The predicted molar refractivity (Wildman–Crippen MR) is 80.3 cm³/mol. The van der Waals surface area contributed by atoms with E-state index in [4.69, 9.17) is 4.42 Å². The Morgan fingerprint density at radius 1 is 1.29 bits per heavy atom. The van der Waals surface area contributed by atoms with Gasteiger partial charge in [0.1, 0.15) is 5.76 Å². The zero-order chi connectivity index (χ0) is 14.9. The maximum Gasteiger partial charge on any atom is 0.276 e. The Labute approximate surface area is 126 Å². The first kappa shape index (κ1) is 15.1. The molecule has 0 amide bonds. The summed E-state index contributed by atoms with van der Waals surface area (Å²) in [5, 5.41) is 3.24. The molecule has 118 valence electrons. The highest BCUT2D eigenvalue weighted by molar-refractivity contribution is 7.89. The van der Waals surface area contributed by atoms with Crippen LogP contribution in [0.1, 0.15) is 44.8 Å². The molecule has 1 N–H and O–H groups in total. The molecule has 2 atom stereocenters. The first-order chi connectivity index (χ1) is 10.1. The lowest BCUT2D eigenvalue weighted by Gasteiger charge is -2.30. The highest BCUT2D eigenvalue weighted by Crippen LogP contribution is 2.39. The highest BCUT2D eigenvalue weighted by Gasteiger charge is 2.43. The normalized spacial score (nSPS) is 26.9. The molecule has 2 heterocycles. The number of sulfonamides is 1. The van der Waals surface area contributed by atoms with Crippen molar-refractivity contribution in [1.29, 1.82) is 0 Å². The summed E-state index contributed by atoms with van der Waals surface area (Å²) in [5.41, 5.74) is 0. The van der Waals surface area contributed by atoms with Crippen molar-refractivity contribution >= 4 is 10.0 Å². The molecule has 1 aromatic heterocycles. The van der Waals surface area contributed by atoms with E-state index in [-0.39, 0.29) is 11.1 Å². The number of hydrogen-bond donors (Lipinski definition) is 1. The van der Waals surface area contributed by atoms with E-state index < -0.39 is 10.0 Å². The molecule has 2 aliphatic rings. The van der Waals surface area contributed by atoms with Gasteiger partial charge in [-0.1, -0.05) is 19.8 Å². The molecule has 0 spiro atoms. The molecule has 2 fully saturated rings. The Morgan fingerprint density at radius 3 is 2.90 bits per heavy atom. The van der Waals surface area contributed by atoms with Crippen LogP contribution in [-0.4, -0.2) is 31.9 Å². The van der Waals surface area contributed by atoms with Gasteiger partial charge < -0.3 is 9.73 Å². The number of hydrogen-bond acceptors (Lipinski definition) is 4. The van der Waals surface area contributed by atoms with Gasteiger partial charge >= 0.3 is 0 Å². The van der Waals surface area contributed by atoms with Gasteiger partial charge in [-0.2, -0.15) is 4.31 Å². The molecule has 2 unspecified atom stereocenters. The molecule has 6 heteroatoms. The summed E-state index contributed by atoms with van der Waals surface area (Å²) in [7, 11) is -3.47. The monoisotopic (exact) mass is 312 g/mol.